The highest BCUT2D eigenvalue weighted by molar-refractivity contribution is 8.07. The van der Waals surface area contributed by atoms with Gasteiger partial charge in [0.1, 0.15) is 24.4 Å². The van der Waals surface area contributed by atoms with E-state index in [-0.39, 0.29) is 43.2 Å². The number of nitrogen functional groups attached to an aromatic ring is 1. The molecule has 7 N–H and O–H groups in total. The Kier molecular flexibility index (Phi) is 7.26. The van der Waals surface area contributed by atoms with Gasteiger partial charge in [0.05, 0.1) is 43.2 Å². The summed E-state index contributed by atoms with van der Waals surface area (Å²) in [6.07, 6.45) is 0.945. The minimum Gasteiger partial charge on any atom is -0.397 e. The smallest absolute Gasteiger partial charge is 0.397 e. The van der Waals surface area contributed by atoms with Crippen LogP contribution in [0.4, 0.5) is 5.95 Å². The van der Waals surface area contributed by atoms with Crippen molar-refractivity contribution in [1.29, 1.82) is 0 Å². The Morgan fingerprint density at radius 2 is 1.93 bits per heavy atom. The van der Waals surface area contributed by atoms with Gasteiger partial charge < -0.3 is 39.8 Å². The fraction of sp³-hybridized carbons (Fsp3) is 0.500. The van der Waals surface area contributed by atoms with E-state index in [1.807, 2.05) is 0 Å². The lowest BCUT2D eigenvalue weighted by atomic mass is 9.95. The van der Waals surface area contributed by atoms with Crippen LogP contribution >= 0.6 is 14.5 Å². The lowest BCUT2D eigenvalue weighted by Gasteiger charge is -2.27. The molecule has 0 radical (unpaired) electrons. The Hall–Kier alpha value is -2.67. The first-order valence-corrected chi connectivity index (χ1v) is 17.2. The van der Waals surface area contributed by atoms with Gasteiger partial charge in [-0.2, -0.15) is 4.98 Å². The molecule has 9 atom stereocenters. The van der Waals surface area contributed by atoms with Crippen LogP contribution in [0.5, 0.6) is 0 Å². The van der Waals surface area contributed by atoms with Crippen LogP contribution in [-0.4, -0.2) is 91.0 Å². The third-order valence-corrected chi connectivity index (χ3v) is 10.1. The van der Waals surface area contributed by atoms with Crippen LogP contribution in [0, 0.1) is 0 Å². The van der Waals surface area contributed by atoms with Crippen LogP contribution in [0.2, 0.25) is 0 Å². The van der Waals surface area contributed by atoms with E-state index in [1.165, 1.54) is 10.9 Å². The quantitative estimate of drug-likeness (QED) is 0.265. The molecule has 3 unspecified atom stereocenters. The number of imidazole rings is 1. The van der Waals surface area contributed by atoms with Crippen LogP contribution < -0.4 is 17.0 Å². The van der Waals surface area contributed by atoms with Gasteiger partial charge in [-0.1, -0.05) is 0 Å². The predicted molar refractivity (Wildman–Crippen MR) is 152 cm³/mol. The van der Waals surface area contributed by atoms with Gasteiger partial charge in [0, 0.05) is 30.8 Å². The number of rotatable bonds is 2. The van der Waals surface area contributed by atoms with Crippen LogP contribution in [0.15, 0.2) is 44.7 Å². The largest absolute Gasteiger partial charge is 0.472 e. The molecule has 0 saturated carbocycles. The van der Waals surface area contributed by atoms with Crippen molar-refractivity contribution >= 4 is 55.4 Å². The predicted octanol–water partition coefficient (Wildman–Crippen LogP) is -0.0847. The zero-order chi connectivity index (χ0) is 30.1. The van der Waals surface area contributed by atoms with Gasteiger partial charge >= 0.3 is 14.5 Å². The third-order valence-electron chi connectivity index (χ3n) is 7.52. The molecule has 0 spiro atoms. The molecule has 2 bridgehead atoms. The fourth-order valence-corrected chi connectivity index (χ4v) is 8.04. The number of aromatic nitrogens is 4. The van der Waals surface area contributed by atoms with Gasteiger partial charge in [-0.3, -0.25) is 33.4 Å². The number of allylic oxidation sites excluding steroid dienone is 1. The Balaban J connectivity index is 1.14. The molecule has 5 aliphatic heterocycles. The maximum Gasteiger partial charge on any atom is 0.472 e. The maximum atomic E-state index is 13.1. The fourth-order valence-electron chi connectivity index (χ4n) is 5.62. The second-order valence-corrected chi connectivity index (χ2v) is 14.5. The first-order valence-electron chi connectivity index (χ1n) is 13.1. The Labute approximate surface area is 247 Å². The third kappa shape index (κ3) is 5.55. The number of aliphatic imine (C=N–C) groups is 2. The SMILES string of the molecule is NC1=CC=NC2C([C@H]3C[C@@H]4OP(=O)(O)OC[C@@H]5C[C@@H](OP(O)(=S)OC[C@H]4O3)[C@H](n3cnc4c(=O)[nH]c(N)nc43)O5)=CN=C12. The minimum absolute atomic E-state index is 0.00917. The molecular weight excluding hydrogens is 630 g/mol. The summed E-state index contributed by atoms with van der Waals surface area (Å²) in [7, 11) is -4.65. The number of aromatic amines is 1. The maximum absolute atomic E-state index is 13.1. The second-order valence-electron chi connectivity index (χ2n) is 10.3. The molecule has 7 heterocycles. The molecule has 0 amide bonds. The molecule has 2 aromatic heterocycles. The summed E-state index contributed by atoms with van der Waals surface area (Å²) < 4.78 is 49.1. The first kappa shape index (κ1) is 29.1. The van der Waals surface area contributed by atoms with Crippen molar-refractivity contribution in [2.24, 2.45) is 15.7 Å². The number of dihydropyridines is 1. The molecule has 230 valence electrons. The molecule has 3 fully saturated rings. The average Bonchev–Trinajstić information content (AvgIpc) is 3.71. The molecule has 21 heteroatoms. The number of ether oxygens (including phenoxy) is 2. The normalized spacial score (nSPS) is 39.7. The van der Waals surface area contributed by atoms with Crippen molar-refractivity contribution in [2.45, 2.75) is 55.6 Å². The number of hydrogen-bond donors (Lipinski definition) is 5. The van der Waals surface area contributed by atoms with Crippen LogP contribution in [-0.2, 0) is 43.9 Å². The van der Waals surface area contributed by atoms with E-state index < -0.39 is 62.9 Å². The first-order chi connectivity index (χ1) is 20.5. The van der Waals surface area contributed by atoms with Gasteiger partial charge in [-0.25, -0.2) is 9.55 Å². The summed E-state index contributed by atoms with van der Waals surface area (Å²) in [6.45, 7) is -4.68. The lowest BCUT2D eigenvalue weighted by Crippen LogP contribution is -2.31. The van der Waals surface area contributed by atoms with Crippen LogP contribution in [0.1, 0.15) is 19.1 Å². The number of nitrogens with zero attached hydrogens (tertiary/aromatic N) is 5. The van der Waals surface area contributed by atoms with Crippen molar-refractivity contribution in [3.63, 3.8) is 0 Å². The topological polar surface area (TPSA) is 253 Å². The highest BCUT2D eigenvalue weighted by Crippen LogP contribution is 2.53. The summed E-state index contributed by atoms with van der Waals surface area (Å²) in [4.78, 5) is 53.4. The highest BCUT2D eigenvalue weighted by Gasteiger charge is 2.48. The van der Waals surface area contributed by atoms with Crippen molar-refractivity contribution in [1.82, 2.24) is 19.5 Å². The van der Waals surface area contributed by atoms with Crippen molar-refractivity contribution < 1.29 is 41.9 Å². The lowest BCUT2D eigenvalue weighted by molar-refractivity contribution is -0.0569. The Morgan fingerprint density at radius 1 is 1.09 bits per heavy atom. The van der Waals surface area contributed by atoms with Gasteiger partial charge in [-0.05, 0) is 17.9 Å². The number of phosphoric ester groups is 1. The monoisotopic (exact) mass is 656 g/mol. The molecular formula is C22H26N8O10P2S. The Bertz CT molecular complexity index is 1760. The van der Waals surface area contributed by atoms with Crippen molar-refractivity contribution in [3.05, 3.63) is 40.2 Å². The van der Waals surface area contributed by atoms with Gasteiger partial charge in [-0.15, -0.1) is 0 Å². The minimum atomic E-state index is -4.65. The summed E-state index contributed by atoms with van der Waals surface area (Å²) >= 11 is 5.32. The number of fused-ring (bicyclic) bond motifs is 5. The van der Waals surface area contributed by atoms with E-state index in [9.17, 15) is 19.1 Å². The van der Waals surface area contributed by atoms with E-state index in [0.29, 0.717) is 17.0 Å². The molecule has 5 aliphatic rings. The van der Waals surface area contributed by atoms with Crippen molar-refractivity contribution in [3.8, 4) is 0 Å². The van der Waals surface area contributed by atoms with Crippen LogP contribution in [0.25, 0.3) is 11.2 Å². The van der Waals surface area contributed by atoms with E-state index >= 15 is 0 Å². The second kappa shape index (κ2) is 10.7. The average molecular weight is 657 g/mol. The highest BCUT2D eigenvalue weighted by atomic mass is 32.5. The summed E-state index contributed by atoms with van der Waals surface area (Å²) in [6, 6.07) is -0.464. The standard InChI is InChI=1S/C22H26N8O10P2S/c23-11-1-2-25-16-10(5-26-17(11)16)12-4-13-15(38-12)7-36-42(34,43)40-14-3-9(6-35-41(32,33)39-13)37-21(14)30-8-27-18-19(30)28-22(24)29-20(18)31/h1-2,5,8-9,12-16,21H,3-4,6-7,23H2,(H,32,33)(H,34,43)(H3,24,28,29,31)/t9-,12+,13-,14+,15+,16?,21+,42?/m0/s1. The number of phosphoric acid groups is 1. The zero-order valence-electron chi connectivity index (χ0n) is 22.0. The van der Waals surface area contributed by atoms with E-state index in [2.05, 4.69) is 24.9 Å². The van der Waals surface area contributed by atoms with Crippen LogP contribution in [0.3, 0.4) is 0 Å². The molecule has 7 rings (SSSR count). The molecule has 43 heavy (non-hydrogen) atoms. The number of H-pyrrole nitrogens is 1. The number of hydrogen-bond acceptors (Lipinski definition) is 15. The van der Waals surface area contributed by atoms with Gasteiger partial charge in [0.15, 0.2) is 17.4 Å². The molecule has 0 aliphatic carbocycles. The van der Waals surface area contributed by atoms with E-state index in [1.54, 1.807) is 18.5 Å². The van der Waals surface area contributed by atoms with Gasteiger partial charge in [0.25, 0.3) is 5.56 Å². The summed E-state index contributed by atoms with van der Waals surface area (Å²) in [5.41, 5.74) is 13.0. The summed E-state index contributed by atoms with van der Waals surface area (Å²) in [5.74, 6) is -0.151. The summed E-state index contributed by atoms with van der Waals surface area (Å²) in [5, 5.41) is 0. The Morgan fingerprint density at radius 3 is 2.77 bits per heavy atom. The number of nitrogens with one attached hydrogen (secondary N) is 1. The molecule has 0 aromatic carbocycles. The van der Waals surface area contributed by atoms with Gasteiger partial charge in [0.2, 0.25) is 5.95 Å². The molecule has 2 aromatic rings. The number of nitrogens with two attached hydrogens (primary N) is 2. The zero-order valence-corrected chi connectivity index (χ0v) is 24.6. The van der Waals surface area contributed by atoms with E-state index in [4.69, 9.17) is 50.8 Å². The molecule has 18 nitrogen and oxygen atoms in total. The van der Waals surface area contributed by atoms with E-state index in [0.717, 1.165) is 0 Å². The molecule has 3 saturated heterocycles. The number of anilines is 1. The van der Waals surface area contributed by atoms with Crippen molar-refractivity contribution in [2.75, 3.05) is 18.9 Å².